The second-order valence-electron chi connectivity index (χ2n) is 6.40. The third-order valence-corrected chi connectivity index (χ3v) is 6.15. The van der Waals surface area contributed by atoms with Gasteiger partial charge >= 0.3 is 0 Å². The molecule has 0 amide bonds. The van der Waals surface area contributed by atoms with Gasteiger partial charge in [-0.1, -0.05) is 66.7 Å². The summed E-state index contributed by atoms with van der Waals surface area (Å²) in [5.41, 5.74) is 7.81. The molecule has 2 heteroatoms. The fourth-order valence-electron chi connectivity index (χ4n) is 3.91. The maximum absolute atomic E-state index is 2.52. The van der Waals surface area contributed by atoms with Crippen LogP contribution in [-0.4, -0.2) is 4.40 Å². The van der Waals surface area contributed by atoms with Gasteiger partial charge in [0.2, 0.25) is 0 Å². The van der Waals surface area contributed by atoms with E-state index in [1.165, 1.54) is 47.6 Å². The third kappa shape index (κ3) is 2.07. The standard InChI is InChI=1S/C23H16IN/c1-15-17-11-5-7-13-19(17)25-20-14-8-6-12-18(20)22(24)21(23(15)25)16-9-3-2-4-10-16/h2-14H,1H3. The summed E-state index contributed by atoms with van der Waals surface area (Å²) in [5.74, 6) is 0. The fraction of sp³-hybridized carbons (Fsp3) is 0.0435. The summed E-state index contributed by atoms with van der Waals surface area (Å²) in [4.78, 5) is 0. The first kappa shape index (κ1) is 15.0. The summed E-state index contributed by atoms with van der Waals surface area (Å²) in [6.07, 6.45) is 0. The summed E-state index contributed by atoms with van der Waals surface area (Å²) in [7, 11) is 0. The van der Waals surface area contributed by atoms with Gasteiger partial charge in [-0.2, -0.15) is 0 Å². The lowest BCUT2D eigenvalue weighted by atomic mass is 10.0. The topological polar surface area (TPSA) is 4.41 Å². The van der Waals surface area contributed by atoms with E-state index in [1.54, 1.807) is 0 Å². The molecule has 3 aromatic carbocycles. The van der Waals surface area contributed by atoms with E-state index >= 15 is 0 Å². The van der Waals surface area contributed by atoms with Crippen molar-refractivity contribution in [2.45, 2.75) is 6.92 Å². The number of hydrogen-bond acceptors (Lipinski definition) is 0. The van der Waals surface area contributed by atoms with E-state index in [1.807, 2.05) is 0 Å². The van der Waals surface area contributed by atoms with Crippen LogP contribution in [0.1, 0.15) is 5.56 Å². The van der Waals surface area contributed by atoms with Crippen LogP contribution in [-0.2, 0) is 0 Å². The van der Waals surface area contributed by atoms with Crippen molar-refractivity contribution >= 4 is 49.9 Å². The van der Waals surface area contributed by atoms with Gasteiger partial charge in [0.1, 0.15) is 0 Å². The lowest BCUT2D eigenvalue weighted by Crippen LogP contribution is -1.96. The number of benzene rings is 3. The van der Waals surface area contributed by atoms with E-state index in [4.69, 9.17) is 0 Å². The van der Waals surface area contributed by atoms with Crippen LogP contribution in [0.4, 0.5) is 0 Å². The van der Waals surface area contributed by atoms with Gasteiger partial charge in [0.25, 0.3) is 0 Å². The molecule has 5 rings (SSSR count). The SMILES string of the molecule is Cc1c2ccccc2n2c1c(-c1ccccc1)c(I)c1ccccc12. The van der Waals surface area contributed by atoms with Crippen LogP contribution >= 0.6 is 22.6 Å². The summed E-state index contributed by atoms with van der Waals surface area (Å²) in [6.45, 7) is 2.24. The zero-order chi connectivity index (χ0) is 17.0. The molecule has 0 N–H and O–H groups in total. The maximum atomic E-state index is 2.52. The van der Waals surface area contributed by atoms with Crippen molar-refractivity contribution in [2.24, 2.45) is 0 Å². The predicted octanol–water partition coefficient (Wildman–Crippen LogP) is 6.83. The highest BCUT2D eigenvalue weighted by molar-refractivity contribution is 14.1. The van der Waals surface area contributed by atoms with Gasteiger partial charge in [0, 0.05) is 19.9 Å². The molecule has 1 nitrogen and oxygen atoms in total. The molecule has 0 saturated carbocycles. The Morgan fingerprint density at radius 1 is 0.680 bits per heavy atom. The first-order valence-corrected chi connectivity index (χ1v) is 9.50. The molecule has 120 valence electrons. The zero-order valence-corrected chi connectivity index (χ0v) is 16.0. The van der Waals surface area contributed by atoms with Crippen LogP contribution in [0.25, 0.3) is 38.4 Å². The number of rotatable bonds is 1. The molecule has 0 fully saturated rings. The lowest BCUT2D eigenvalue weighted by molar-refractivity contribution is 1.31. The Hall–Kier alpha value is -2.33. The second-order valence-corrected chi connectivity index (χ2v) is 7.48. The molecule has 0 unspecified atom stereocenters. The quantitative estimate of drug-likeness (QED) is 0.256. The van der Waals surface area contributed by atoms with Gasteiger partial charge in [-0.3, -0.25) is 0 Å². The minimum absolute atomic E-state index is 1.27. The molecule has 5 aromatic rings. The highest BCUT2D eigenvalue weighted by Gasteiger charge is 2.19. The molecule has 0 aliphatic carbocycles. The van der Waals surface area contributed by atoms with Gasteiger partial charge in [0.05, 0.1) is 16.6 Å². The van der Waals surface area contributed by atoms with Gasteiger partial charge < -0.3 is 4.40 Å². The number of fused-ring (bicyclic) bond motifs is 5. The Kier molecular flexibility index (Phi) is 3.35. The number of pyridine rings is 1. The van der Waals surface area contributed by atoms with Crippen LogP contribution in [0, 0.1) is 10.5 Å². The largest absolute Gasteiger partial charge is 0.308 e. The first-order chi connectivity index (χ1) is 12.3. The molecule has 2 aromatic heterocycles. The number of aromatic nitrogens is 1. The molecule has 0 bridgehead atoms. The molecule has 0 saturated heterocycles. The summed E-state index contributed by atoms with van der Waals surface area (Å²) < 4.78 is 3.75. The summed E-state index contributed by atoms with van der Waals surface area (Å²) >= 11 is 2.52. The Balaban J connectivity index is 2.15. The van der Waals surface area contributed by atoms with E-state index in [-0.39, 0.29) is 0 Å². The molecule has 2 heterocycles. The number of halogens is 1. The van der Waals surface area contributed by atoms with E-state index in [0.29, 0.717) is 0 Å². The highest BCUT2D eigenvalue weighted by Crippen LogP contribution is 2.40. The van der Waals surface area contributed by atoms with Crippen LogP contribution in [0.5, 0.6) is 0 Å². The maximum Gasteiger partial charge on any atom is 0.0587 e. The van der Waals surface area contributed by atoms with Crippen molar-refractivity contribution in [3.8, 4) is 11.1 Å². The van der Waals surface area contributed by atoms with Gasteiger partial charge in [0.15, 0.2) is 0 Å². The molecule has 0 aliphatic heterocycles. The minimum Gasteiger partial charge on any atom is -0.308 e. The van der Waals surface area contributed by atoms with E-state index in [9.17, 15) is 0 Å². The van der Waals surface area contributed by atoms with E-state index in [2.05, 4.69) is 113 Å². The third-order valence-electron chi connectivity index (χ3n) is 5.03. The van der Waals surface area contributed by atoms with Crippen molar-refractivity contribution in [3.63, 3.8) is 0 Å². The fourth-order valence-corrected chi connectivity index (χ4v) is 4.94. The molecular weight excluding hydrogens is 417 g/mol. The average molecular weight is 433 g/mol. The Morgan fingerprint density at radius 2 is 1.24 bits per heavy atom. The Labute approximate surface area is 160 Å². The van der Waals surface area contributed by atoms with Crippen molar-refractivity contribution in [1.29, 1.82) is 0 Å². The lowest BCUT2D eigenvalue weighted by Gasteiger charge is -2.14. The van der Waals surface area contributed by atoms with Gasteiger partial charge in [-0.15, -0.1) is 0 Å². The average Bonchev–Trinajstić information content (AvgIpc) is 2.96. The van der Waals surface area contributed by atoms with Crippen molar-refractivity contribution < 1.29 is 0 Å². The van der Waals surface area contributed by atoms with Crippen LogP contribution in [0.15, 0.2) is 78.9 Å². The van der Waals surface area contributed by atoms with Crippen LogP contribution < -0.4 is 0 Å². The number of hydrogen-bond donors (Lipinski definition) is 0. The van der Waals surface area contributed by atoms with Gasteiger partial charge in [-0.05, 0) is 52.8 Å². The molecular formula is C23H16IN. The number of nitrogens with zero attached hydrogens (tertiary/aromatic N) is 1. The Morgan fingerprint density at radius 3 is 1.96 bits per heavy atom. The number of aryl methyl sites for hydroxylation is 1. The molecule has 25 heavy (non-hydrogen) atoms. The van der Waals surface area contributed by atoms with Crippen molar-refractivity contribution in [2.75, 3.05) is 0 Å². The zero-order valence-electron chi connectivity index (χ0n) is 13.8. The smallest absolute Gasteiger partial charge is 0.0587 e. The summed E-state index contributed by atoms with van der Waals surface area (Å²) in [6, 6.07) is 28.2. The van der Waals surface area contributed by atoms with Gasteiger partial charge in [-0.25, -0.2) is 0 Å². The Bertz CT molecular complexity index is 1250. The van der Waals surface area contributed by atoms with E-state index in [0.717, 1.165) is 0 Å². The predicted molar refractivity (Wildman–Crippen MR) is 115 cm³/mol. The monoisotopic (exact) mass is 433 g/mol. The number of para-hydroxylation sites is 2. The minimum atomic E-state index is 1.27. The summed E-state index contributed by atoms with van der Waals surface area (Å²) in [5, 5.41) is 2.63. The molecule has 0 spiro atoms. The molecule has 0 aliphatic rings. The normalized spacial score (nSPS) is 11.6. The second kappa shape index (κ2) is 5.60. The molecule has 0 radical (unpaired) electrons. The van der Waals surface area contributed by atoms with Crippen molar-refractivity contribution in [3.05, 3.63) is 88.0 Å². The first-order valence-electron chi connectivity index (χ1n) is 8.43. The molecule has 0 atom stereocenters. The van der Waals surface area contributed by atoms with Crippen LogP contribution in [0.3, 0.4) is 0 Å². The van der Waals surface area contributed by atoms with Crippen molar-refractivity contribution in [1.82, 2.24) is 4.40 Å². The van der Waals surface area contributed by atoms with Crippen LogP contribution in [0.2, 0.25) is 0 Å². The van der Waals surface area contributed by atoms with E-state index < -0.39 is 0 Å². The highest BCUT2D eigenvalue weighted by atomic mass is 127.